The Labute approximate surface area is 286 Å². The molecule has 0 fully saturated rings. The highest BCUT2D eigenvalue weighted by molar-refractivity contribution is 6.30. The van der Waals surface area contributed by atoms with Crippen molar-refractivity contribution in [3.05, 3.63) is 148 Å². The van der Waals surface area contributed by atoms with Crippen LogP contribution in [0.4, 0.5) is 11.4 Å². The van der Waals surface area contributed by atoms with E-state index in [4.69, 9.17) is 28.9 Å². The first-order valence-electron chi connectivity index (χ1n) is 13.8. The van der Waals surface area contributed by atoms with Crippen LogP contribution in [0.5, 0.6) is 11.5 Å². The quantitative estimate of drug-likeness (QED) is 0.209. The van der Waals surface area contributed by atoms with E-state index in [9.17, 15) is 34.2 Å². The Hall–Kier alpha value is -5.50. The highest BCUT2D eigenvalue weighted by Crippen LogP contribution is 2.16. The number of hydrogen-bond donors (Lipinski definition) is 4. The largest absolute Gasteiger partial charge is 0.502 e. The first kappa shape index (κ1) is 35.4. The number of aromatic nitrogens is 4. The van der Waals surface area contributed by atoms with E-state index < -0.39 is 39.4 Å². The molecular formula is C32H27Cl3N6O7. The molecule has 16 heteroatoms. The number of anilines is 2. The van der Waals surface area contributed by atoms with Crippen LogP contribution in [0.15, 0.2) is 105 Å². The number of carbonyl (C=O) groups excluding carboxylic acids is 1. The van der Waals surface area contributed by atoms with Crippen molar-refractivity contribution in [1.29, 1.82) is 0 Å². The van der Waals surface area contributed by atoms with Gasteiger partial charge in [-0.25, -0.2) is 0 Å². The van der Waals surface area contributed by atoms with Crippen molar-refractivity contribution >= 4 is 63.9 Å². The van der Waals surface area contributed by atoms with Crippen LogP contribution >= 0.6 is 35.6 Å². The monoisotopic (exact) mass is 712 g/mol. The summed E-state index contributed by atoms with van der Waals surface area (Å²) in [5.74, 6) is -1.81. The van der Waals surface area contributed by atoms with Crippen molar-refractivity contribution in [2.45, 2.75) is 20.0 Å². The Kier molecular flexibility index (Phi) is 10.7. The molecule has 0 spiro atoms. The molecule has 0 bridgehead atoms. The Morgan fingerprint density at radius 3 is 1.67 bits per heavy atom. The zero-order valence-corrected chi connectivity index (χ0v) is 27.3. The molecule has 5 N–H and O–H groups in total. The van der Waals surface area contributed by atoms with Crippen LogP contribution in [0.2, 0.25) is 10.0 Å². The third-order valence-electron chi connectivity index (χ3n) is 6.98. The standard InChI is InChI=1S/C17H14ClN3O4.C15H12ClN3O3.ClH/c1-10(22)19-13-9-20-5-6-21(8-11-3-2-4-12(18)7-11)17(25)14(20)16(24)15(13)23;16-10-3-1-2-9(6-10)7-19-5-4-18-8-11(17)13(20)14(21)12(18)15(19)22;/h2-7,9,24H,8H2,1H3,(H,19,22);1-6,8,21H,7,17H2;1H. The second-order valence-corrected chi connectivity index (χ2v) is 11.3. The van der Waals surface area contributed by atoms with E-state index in [1.165, 1.54) is 49.6 Å². The molecule has 4 aromatic heterocycles. The molecule has 248 valence electrons. The van der Waals surface area contributed by atoms with E-state index in [0.29, 0.717) is 10.0 Å². The van der Waals surface area contributed by atoms with E-state index in [2.05, 4.69) is 5.32 Å². The molecule has 13 nitrogen and oxygen atoms in total. The van der Waals surface area contributed by atoms with Gasteiger partial charge >= 0.3 is 0 Å². The molecule has 0 saturated carbocycles. The number of nitrogens with two attached hydrogens (primary N) is 1. The molecule has 0 aliphatic rings. The number of carbonyl (C=O) groups is 1. The van der Waals surface area contributed by atoms with Crippen LogP contribution in [0, 0.1) is 0 Å². The normalized spacial score (nSPS) is 10.6. The van der Waals surface area contributed by atoms with Gasteiger partial charge in [-0.05, 0) is 35.4 Å². The van der Waals surface area contributed by atoms with Crippen molar-refractivity contribution in [3.63, 3.8) is 0 Å². The Morgan fingerprint density at radius 1 is 0.750 bits per heavy atom. The smallest absolute Gasteiger partial charge is 0.279 e. The molecule has 0 atom stereocenters. The number of aromatic hydroxyl groups is 2. The lowest BCUT2D eigenvalue weighted by Gasteiger charge is -2.11. The molecule has 0 aliphatic carbocycles. The van der Waals surface area contributed by atoms with Crippen molar-refractivity contribution in [2.24, 2.45) is 0 Å². The fourth-order valence-corrected chi connectivity index (χ4v) is 5.25. The Balaban J connectivity index is 0.000000214. The number of nitrogens with zero attached hydrogens (tertiary/aromatic N) is 4. The molecule has 6 aromatic rings. The number of amides is 1. The van der Waals surface area contributed by atoms with E-state index in [1.807, 2.05) is 12.1 Å². The van der Waals surface area contributed by atoms with Crippen LogP contribution in [0.1, 0.15) is 18.1 Å². The molecule has 0 saturated heterocycles. The molecule has 0 aliphatic heterocycles. The highest BCUT2D eigenvalue weighted by atomic mass is 35.5. The lowest BCUT2D eigenvalue weighted by Crippen LogP contribution is -2.25. The molecule has 6 rings (SSSR count). The highest BCUT2D eigenvalue weighted by Gasteiger charge is 2.16. The maximum absolute atomic E-state index is 12.6. The summed E-state index contributed by atoms with van der Waals surface area (Å²) in [5, 5.41) is 23.5. The molecule has 48 heavy (non-hydrogen) atoms. The summed E-state index contributed by atoms with van der Waals surface area (Å²) in [6.45, 7) is 1.75. The number of nitrogens with one attached hydrogen (secondary N) is 1. The third-order valence-corrected chi connectivity index (χ3v) is 7.45. The van der Waals surface area contributed by atoms with E-state index >= 15 is 0 Å². The van der Waals surface area contributed by atoms with Gasteiger partial charge in [0.15, 0.2) is 22.5 Å². The molecule has 1 amide bonds. The number of halogens is 3. The van der Waals surface area contributed by atoms with Gasteiger partial charge in [0.05, 0.1) is 13.1 Å². The second-order valence-electron chi connectivity index (χ2n) is 10.4. The summed E-state index contributed by atoms with van der Waals surface area (Å²) in [7, 11) is 0. The van der Waals surface area contributed by atoms with Gasteiger partial charge in [0, 0.05) is 54.2 Å². The third kappa shape index (κ3) is 7.39. The SMILES string of the molecule is CC(=O)Nc1cn2ccn(Cc3cccc(Cl)c3)c(=O)c2c(O)c1=O.Cl.Nc1cn2ccn(Cc3cccc(Cl)c3)c(=O)c2c(O)c1=O. The predicted octanol–water partition coefficient (Wildman–Crippen LogP) is 3.70. The fourth-order valence-electron chi connectivity index (χ4n) is 4.82. The van der Waals surface area contributed by atoms with E-state index in [-0.39, 0.29) is 47.9 Å². The minimum absolute atomic E-state index is 0. The lowest BCUT2D eigenvalue weighted by molar-refractivity contribution is -0.114. The van der Waals surface area contributed by atoms with Gasteiger partial charge in [-0.3, -0.25) is 24.0 Å². The Bertz CT molecular complexity index is 2440. The molecule has 0 radical (unpaired) electrons. The van der Waals surface area contributed by atoms with E-state index in [0.717, 1.165) is 11.1 Å². The van der Waals surface area contributed by atoms with Gasteiger partial charge in [0.1, 0.15) is 11.4 Å². The van der Waals surface area contributed by atoms with Gasteiger partial charge in [0.2, 0.25) is 16.8 Å². The average molecular weight is 714 g/mol. The van der Waals surface area contributed by atoms with Crippen LogP contribution < -0.4 is 33.0 Å². The van der Waals surface area contributed by atoms with Crippen molar-refractivity contribution in [1.82, 2.24) is 17.9 Å². The first-order chi connectivity index (χ1) is 22.3. The second kappa shape index (κ2) is 14.5. The number of fused-ring (bicyclic) bond motifs is 2. The van der Waals surface area contributed by atoms with Gasteiger partial charge in [0.25, 0.3) is 11.1 Å². The van der Waals surface area contributed by atoms with Crippen LogP contribution in [-0.4, -0.2) is 34.1 Å². The number of benzene rings is 2. The molecule has 4 heterocycles. The van der Waals surface area contributed by atoms with Gasteiger partial charge < -0.3 is 39.2 Å². The minimum atomic E-state index is -0.812. The summed E-state index contributed by atoms with van der Waals surface area (Å²) in [6.07, 6.45) is 8.76. The summed E-state index contributed by atoms with van der Waals surface area (Å²) in [4.78, 5) is 60.1. The molecule has 2 aromatic carbocycles. The number of rotatable bonds is 5. The lowest BCUT2D eigenvalue weighted by atomic mass is 10.2. The van der Waals surface area contributed by atoms with E-state index in [1.54, 1.807) is 48.8 Å². The summed E-state index contributed by atoms with van der Waals surface area (Å²) in [5.41, 5.74) is 4.04. The van der Waals surface area contributed by atoms with Crippen molar-refractivity contribution < 1.29 is 15.0 Å². The molecule has 0 unspecified atom stereocenters. The van der Waals surface area contributed by atoms with Crippen molar-refractivity contribution in [2.75, 3.05) is 11.1 Å². The molecular weight excluding hydrogens is 687 g/mol. The fraction of sp³-hybridized carbons (Fsp3) is 0.0938. The zero-order chi connectivity index (χ0) is 34.0. The number of nitrogen functional groups attached to an aromatic ring is 1. The summed E-state index contributed by atoms with van der Waals surface area (Å²) >= 11 is 11.9. The maximum Gasteiger partial charge on any atom is 0.279 e. The first-order valence-corrected chi connectivity index (χ1v) is 14.6. The maximum atomic E-state index is 12.6. The van der Waals surface area contributed by atoms with Crippen LogP contribution in [0.25, 0.3) is 11.0 Å². The van der Waals surface area contributed by atoms with Crippen LogP contribution in [-0.2, 0) is 17.9 Å². The van der Waals surface area contributed by atoms with Gasteiger partial charge in [-0.15, -0.1) is 12.4 Å². The average Bonchev–Trinajstić information content (AvgIpc) is 3.01. The predicted molar refractivity (Wildman–Crippen MR) is 186 cm³/mol. The number of hydrogen-bond acceptors (Lipinski definition) is 8. The van der Waals surface area contributed by atoms with Crippen LogP contribution in [0.3, 0.4) is 0 Å². The summed E-state index contributed by atoms with van der Waals surface area (Å²) < 4.78 is 5.39. The van der Waals surface area contributed by atoms with Gasteiger partial charge in [-0.1, -0.05) is 47.5 Å². The zero-order valence-electron chi connectivity index (χ0n) is 25.0. The van der Waals surface area contributed by atoms with Gasteiger partial charge in [-0.2, -0.15) is 0 Å². The number of pyridine rings is 2. The Morgan fingerprint density at radius 2 is 1.21 bits per heavy atom. The summed E-state index contributed by atoms with van der Waals surface area (Å²) in [6, 6.07) is 14.1. The minimum Gasteiger partial charge on any atom is -0.502 e. The topological polar surface area (TPSA) is 183 Å². The van der Waals surface area contributed by atoms with Crippen molar-refractivity contribution in [3.8, 4) is 11.5 Å².